The first-order valence-corrected chi connectivity index (χ1v) is 7.35. The Morgan fingerprint density at radius 3 is 2.78 bits per heavy atom. The molecule has 0 saturated carbocycles. The second-order valence-corrected chi connectivity index (χ2v) is 5.68. The molecule has 1 atom stereocenters. The molecule has 0 radical (unpaired) electrons. The number of aryl methyl sites for hydroxylation is 3. The molecular weight excluding hydrogens is 300 g/mol. The van der Waals surface area contributed by atoms with E-state index in [0.29, 0.717) is 23.4 Å². The lowest BCUT2D eigenvalue weighted by Gasteiger charge is -2.30. The number of hydrogen-bond donors (Lipinski definition) is 1. The highest BCUT2D eigenvalue weighted by Gasteiger charge is 2.32. The van der Waals surface area contributed by atoms with Crippen molar-refractivity contribution < 1.29 is 19.4 Å². The summed E-state index contributed by atoms with van der Waals surface area (Å²) in [6.07, 6.45) is -0.994. The van der Waals surface area contributed by atoms with Gasteiger partial charge in [0.2, 0.25) is 0 Å². The fourth-order valence-electron chi connectivity index (χ4n) is 2.82. The predicted octanol–water partition coefficient (Wildman–Crippen LogP) is 0.580. The third kappa shape index (κ3) is 2.65. The van der Waals surface area contributed by atoms with Crippen LogP contribution in [0.15, 0.2) is 6.07 Å². The molecule has 1 N–H and O–H groups in total. The van der Waals surface area contributed by atoms with Crippen LogP contribution >= 0.6 is 0 Å². The molecule has 3 rings (SSSR count). The molecule has 23 heavy (non-hydrogen) atoms. The van der Waals surface area contributed by atoms with Crippen molar-refractivity contribution in [2.75, 3.05) is 19.7 Å². The fraction of sp³-hybridized carbons (Fsp3) is 0.467. The number of carbonyl (C=O) groups excluding carboxylic acids is 1. The Balaban J connectivity index is 2.01. The van der Waals surface area contributed by atoms with Gasteiger partial charge in [-0.25, -0.2) is 14.3 Å². The normalized spacial score (nSPS) is 18.4. The molecule has 1 unspecified atom stereocenters. The predicted molar refractivity (Wildman–Crippen MR) is 80.5 cm³/mol. The molecule has 1 amide bonds. The van der Waals surface area contributed by atoms with Crippen LogP contribution in [-0.4, -0.2) is 62.3 Å². The minimum atomic E-state index is -1.07. The zero-order valence-corrected chi connectivity index (χ0v) is 13.2. The van der Waals surface area contributed by atoms with Crippen LogP contribution in [0.4, 0.5) is 0 Å². The Kier molecular flexibility index (Phi) is 3.77. The van der Waals surface area contributed by atoms with E-state index in [-0.39, 0.29) is 19.1 Å². The topological polar surface area (TPSA) is 97.0 Å². The molecule has 1 aliphatic heterocycles. The van der Waals surface area contributed by atoms with Gasteiger partial charge in [-0.05, 0) is 26.8 Å². The lowest BCUT2D eigenvalue weighted by atomic mass is 10.2. The number of carbonyl (C=O) groups is 2. The van der Waals surface area contributed by atoms with Crippen molar-refractivity contribution in [3.8, 4) is 0 Å². The second-order valence-electron chi connectivity index (χ2n) is 5.68. The molecule has 0 aliphatic carbocycles. The van der Waals surface area contributed by atoms with Crippen molar-refractivity contribution in [2.24, 2.45) is 0 Å². The van der Waals surface area contributed by atoms with E-state index in [4.69, 9.17) is 9.84 Å². The quantitative estimate of drug-likeness (QED) is 0.870. The summed E-state index contributed by atoms with van der Waals surface area (Å²) in [5, 5.41) is 13.5. The Labute approximate surface area is 132 Å². The first-order chi connectivity index (χ1) is 10.9. The molecule has 1 fully saturated rings. The van der Waals surface area contributed by atoms with Gasteiger partial charge in [-0.3, -0.25) is 4.79 Å². The Morgan fingerprint density at radius 1 is 1.35 bits per heavy atom. The SMILES string of the molecule is Cc1cc(C)n2nc(C)c(C(=O)N3CCOC(C(=O)O)C3)c2n1. The lowest BCUT2D eigenvalue weighted by molar-refractivity contribution is -0.154. The summed E-state index contributed by atoms with van der Waals surface area (Å²) in [4.78, 5) is 29.9. The van der Waals surface area contributed by atoms with Crippen LogP contribution in [0.3, 0.4) is 0 Å². The number of aliphatic carboxylic acids is 1. The van der Waals surface area contributed by atoms with Gasteiger partial charge in [-0.1, -0.05) is 0 Å². The van der Waals surface area contributed by atoms with Crippen LogP contribution in [0.1, 0.15) is 27.4 Å². The van der Waals surface area contributed by atoms with Crippen LogP contribution in [0, 0.1) is 20.8 Å². The van der Waals surface area contributed by atoms with Gasteiger partial charge in [0.1, 0.15) is 5.56 Å². The van der Waals surface area contributed by atoms with Crippen LogP contribution in [0.25, 0.3) is 5.65 Å². The molecule has 0 spiro atoms. The van der Waals surface area contributed by atoms with Crippen molar-refractivity contribution in [3.05, 3.63) is 28.7 Å². The van der Waals surface area contributed by atoms with Crippen molar-refractivity contribution >= 4 is 17.5 Å². The van der Waals surface area contributed by atoms with E-state index in [1.807, 2.05) is 19.9 Å². The van der Waals surface area contributed by atoms with E-state index in [0.717, 1.165) is 11.4 Å². The molecule has 8 heteroatoms. The summed E-state index contributed by atoms with van der Waals surface area (Å²) < 4.78 is 6.81. The van der Waals surface area contributed by atoms with Gasteiger partial charge < -0.3 is 14.7 Å². The number of rotatable bonds is 2. The van der Waals surface area contributed by atoms with Crippen molar-refractivity contribution in [3.63, 3.8) is 0 Å². The third-order valence-electron chi connectivity index (χ3n) is 3.91. The number of hydrogen-bond acceptors (Lipinski definition) is 5. The molecule has 8 nitrogen and oxygen atoms in total. The average molecular weight is 318 g/mol. The minimum absolute atomic E-state index is 0.0236. The zero-order valence-electron chi connectivity index (χ0n) is 13.2. The summed E-state index contributed by atoms with van der Waals surface area (Å²) in [7, 11) is 0. The molecule has 0 bridgehead atoms. The monoisotopic (exact) mass is 318 g/mol. The molecular formula is C15H18N4O4. The fourth-order valence-corrected chi connectivity index (χ4v) is 2.82. The first kappa shape index (κ1) is 15.4. The number of carboxylic acid groups (broad SMARTS) is 1. The van der Waals surface area contributed by atoms with Crippen LogP contribution < -0.4 is 0 Å². The highest BCUT2D eigenvalue weighted by Crippen LogP contribution is 2.19. The largest absolute Gasteiger partial charge is 0.479 e. The van der Waals surface area contributed by atoms with E-state index in [1.54, 1.807) is 11.4 Å². The number of carboxylic acids is 1. The highest BCUT2D eigenvalue weighted by molar-refractivity contribution is 6.01. The maximum absolute atomic E-state index is 12.9. The van der Waals surface area contributed by atoms with Crippen LogP contribution in [-0.2, 0) is 9.53 Å². The van der Waals surface area contributed by atoms with Crippen molar-refractivity contribution in [1.82, 2.24) is 19.5 Å². The van der Waals surface area contributed by atoms with Crippen LogP contribution in [0.2, 0.25) is 0 Å². The van der Waals surface area contributed by atoms with Gasteiger partial charge in [0, 0.05) is 17.9 Å². The van der Waals surface area contributed by atoms with Crippen LogP contribution in [0.5, 0.6) is 0 Å². The van der Waals surface area contributed by atoms with Crippen molar-refractivity contribution in [2.45, 2.75) is 26.9 Å². The van der Waals surface area contributed by atoms with E-state index in [1.165, 1.54) is 4.90 Å². The maximum Gasteiger partial charge on any atom is 0.334 e. The number of amides is 1. The minimum Gasteiger partial charge on any atom is -0.479 e. The molecule has 1 saturated heterocycles. The molecule has 0 aromatic carbocycles. The third-order valence-corrected chi connectivity index (χ3v) is 3.91. The van der Waals surface area contributed by atoms with Crippen molar-refractivity contribution in [1.29, 1.82) is 0 Å². The van der Waals surface area contributed by atoms with E-state index in [2.05, 4.69) is 10.1 Å². The molecule has 3 heterocycles. The van der Waals surface area contributed by atoms with Gasteiger partial charge in [0.15, 0.2) is 11.8 Å². The van der Waals surface area contributed by atoms with E-state index < -0.39 is 12.1 Å². The second kappa shape index (κ2) is 5.62. The van der Waals surface area contributed by atoms with E-state index in [9.17, 15) is 9.59 Å². The average Bonchev–Trinajstić information content (AvgIpc) is 2.83. The van der Waals surface area contributed by atoms with Gasteiger partial charge >= 0.3 is 5.97 Å². The molecule has 122 valence electrons. The summed E-state index contributed by atoms with van der Waals surface area (Å²) >= 11 is 0. The smallest absolute Gasteiger partial charge is 0.334 e. The maximum atomic E-state index is 12.9. The van der Waals surface area contributed by atoms with Gasteiger partial charge in [0.25, 0.3) is 5.91 Å². The number of morpholine rings is 1. The lowest BCUT2D eigenvalue weighted by Crippen LogP contribution is -2.48. The summed E-state index contributed by atoms with van der Waals surface area (Å²) in [6.45, 7) is 6.09. The Bertz CT molecular complexity index is 798. The summed E-state index contributed by atoms with van der Waals surface area (Å²) in [5.41, 5.74) is 3.19. The Morgan fingerprint density at radius 2 is 2.09 bits per heavy atom. The first-order valence-electron chi connectivity index (χ1n) is 7.35. The summed E-state index contributed by atoms with van der Waals surface area (Å²) in [5.74, 6) is -1.33. The number of nitrogens with zero attached hydrogens (tertiary/aromatic N) is 4. The molecule has 2 aromatic rings. The van der Waals surface area contributed by atoms with E-state index >= 15 is 0 Å². The number of ether oxygens (including phenoxy) is 1. The summed E-state index contributed by atoms with van der Waals surface area (Å²) in [6, 6.07) is 1.89. The molecule has 2 aromatic heterocycles. The number of aromatic nitrogens is 3. The zero-order chi connectivity index (χ0) is 16.7. The van der Waals surface area contributed by atoms with Gasteiger partial charge in [0.05, 0.1) is 18.8 Å². The highest BCUT2D eigenvalue weighted by atomic mass is 16.5. The van der Waals surface area contributed by atoms with Gasteiger partial charge in [-0.15, -0.1) is 0 Å². The van der Waals surface area contributed by atoms with Gasteiger partial charge in [-0.2, -0.15) is 5.10 Å². The Hall–Kier alpha value is -2.48. The standard InChI is InChI=1S/C15H18N4O4/c1-8-6-9(2)19-13(16-8)12(10(3)17-19)14(20)18-4-5-23-11(7-18)15(21)22/h6,11H,4-5,7H2,1-3H3,(H,21,22). The molecule has 1 aliphatic rings. The number of fused-ring (bicyclic) bond motifs is 1.